The van der Waals surface area contributed by atoms with Crippen molar-refractivity contribution in [2.75, 3.05) is 0 Å². The second kappa shape index (κ2) is 4.77. The summed E-state index contributed by atoms with van der Waals surface area (Å²) in [4.78, 5) is 16.8. The molecule has 0 aliphatic heterocycles. The van der Waals surface area contributed by atoms with Crippen molar-refractivity contribution in [1.82, 2.24) is 0 Å². The Balaban J connectivity index is 4.91. The topological polar surface area (TPSA) is 57.5 Å². The summed E-state index contributed by atoms with van der Waals surface area (Å²) in [5.74, 6) is 0. The van der Waals surface area contributed by atoms with E-state index < -0.39 is 38.1 Å². The van der Waals surface area contributed by atoms with Crippen molar-refractivity contribution in [2.45, 2.75) is 25.2 Å². The fourth-order valence-corrected chi connectivity index (χ4v) is 1.45. The molecule has 0 aromatic heterocycles. The summed E-state index contributed by atoms with van der Waals surface area (Å²) < 4.78 is 80.8. The van der Waals surface area contributed by atoms with E-state index in [9.17, 15) is 30.9 Å². The molecule has 10 heteroatoms. The Labute approximate surface area is 85.9 Å². The summed E-state index contributed by atoms with van der Waals surface area (Å²) >= 11 is 0. The molecule has 0 saturated heterocycles. The molecule has 0 bridgehead atoms. The van der Waals surface area contributed by atoms with Gasteiger partial charge in [-0.25, -0.2) is 0 Å². The standard InChI is InChI=1S/C6H7F6O3P/c7-5(8,9)2-1-4(16(13,14)15)3-6(10,11)12/h1H,2-3H2,(H2,13,14,15). The maximum Gasteiger partial charge on any atom is 0.393 e. The van der Waals surface area contributed by atoms with Crippen LogP contribution in [0.1, 0.15) is 12.8 Å². The van der Waals surface area contributed by atoms with Crippen LogP contribution in [0.3, 0.4) is 0 Å². The van der Waals surface area contributed by atoms with E-state index in [4.69, 9.17) is 9.79 Å². The number of hydrogen-bond acceptors (Lipinski definition) is 1. The van der Waals surface area contributed by atoms with Crippen molar-refractivity contribution >= 4 is 7.60 Å². The van der Waals surface area contributed by atoms with Crippen LogP contribution in [-0.2, 0) is 4.57 Å². The smallest absolute Gasteiger partial charge is 0.321 e. The highest BCUT2D eigenvalue weighted by Gasteiger charge is 2.36. The number of rotatable bonds is 3. The minimum atomic E-state index is -5.32. The van der Waals surface area contributed by atoms with Gasteiger partial charge in [0.05, 0.1) is 12.8 Å². The van der Waals surface area contributed by atoms with Crippen molar-refractivity contribution in [3.8, 4) is 0 Å². The molecule has 0 unspecified atom stereocenters. The highest BCUT2D eigenvalue weighted by molar-refractivity contribution is 7.56. The molecular formula is C6H7F6O3P. The molecule has 0 radical (unpaired) electrons. The van der Waals surface area contributed by atoms with Crippen molar-refractivity contribution in [3.63, 3.8) is 0 Å². The molecule has 96 valence electrons. The molecule has 0 saturated carbocycles. The van der Waals surface area contributed by atoms with Crippen LogP contribution in [0.5, 0.6) is 0 Å². The third-order valence-electron chi connectivity index (χ3n) is 1.32. The van der Waals surface area contributed by atoms with Gasteiger partial charge in [0.1, 0.15) is 0 Å². The lowest BCUT2D eigenvalue weighted by molar-refractivity contribution is -0.130. The van der Waals surface area contributed by atoms with Gasteiger partial charge < -0.3 is 9.79 Å². The zero-order chi connectivity index (χ0) is 13.2. The van der Waals surface area contributed by atoms with E-state index in [1.807, 2.05) is 0 Å². The third kappa shape index (κ3) is 7.72. The molecule has 2 N–H and O–H groups in total. The maximum atomic E-state index is 11.8. The molecule has 0 aromatic rings. The van der Waals surface area contributed by atoms with E-state index in [0.29, 0.717) is 0 Å². The molecule has 0 amide bonds. The van der Waals surface area contributed by atoms with Gasteiger partial charge in [-0.1, -0.05) is 6.08 Å². The quantitative estimate of drug-likeness (QED) is 0.613. The lowest BCUT2D eigenvalue weighted by Crippen LogP contribution is -2.10. The van der Waals surface area contributed by atoms with Gasteiger partial charge in [-0.05, 0) is 0 Å². The summed E-state index contributed by atoms with van der Waals surface area (Å²) in [5, 5.41) is -1.57. The van der Waals surface area contributed by atoms with Gasteiger partial charge in [-0.2, -0.15) is 26.3 Å². The summed E-state index contributed by atoms with van der Waals surface area (Å²) in [7, 11) is -5.32. The molecule has 0 aliphatic carbocycles. The predicted molar refractivity (Wildman–Crippen MR) is 41.5 cm³/mol. The summed E-state index contributed by atoms with van der Waals surface area (Å²) in [6.45, 7) is 0. The first kappa shape index (κ1) is 15.5. The fourth-order valence-electron chi connectivity index (χ4n) is 0.733. The molecule has 0 aliphatic rings. The normalized spacial score (nSPS) is 15.4. The highest BCUT2D eigenvalue weighted by atomic mass is 31.2. The van der Waals surface area contributed by atoms with Gasteiger partial charge in [0.25, 0.3) is 0 Å². The third-order valence-corrected chi connectivity index (χ3v) is 2.41. The lowest BCUT2D eigenvalue weighted by Gasteiger charge is -2.12. The molecule has 0 atom stereocenters. The van der Waals surface area contributed by atoms with Gasteiger partial charge in [0, 0.05) is 5.31 Å². The van der Waals surface area contributed by atoms with E-state index in [0.717, 1.165) is 0 Å². The van der Waals surface area contributed by atoms with Crippen molar-refractivity contribution < 1.29 is 40.7 Å². The van der Waals surface area contributed by atoms with Crippen LogP contribution in [0.2, 0.25) is 0 Å². The van der Waals surface area contributed by atoms with E-state index >= 15 is 0 Å². The SMILES string of the molecule is O=P(O)(O)C(=CCC(F)(F)F)CC(F)(F)F. The summed E-state index contributed by atoms with van der Waals surface area (Å²) in [6, 6.07) is 0. The Kier molecular flexibility index (Phi) is 4.61. The molecule has 3 nitrogen and oxygen atoms in total. The number of hydrogen-bond donors (Lipinski definition) is 2. The van der Waals surface area contributed by atoms with Gasteiger partial charge in [-0.15, -0.1) is 0 Å². The minimum Gasteiger partial charge on any atom is -0.321 e. The van der Waals surface area contributed by atoms with Crippen LogP contribution in [0, 0.1) is 0 Å². The molecule has 0 rings (SSSR count). The minimum absolute atomic E-state index is 0.131. The molecular weight excluding hydrogens is 265 g/mol. The molecule has 0 spiro atoms. The summed E-state index contributed by atoms with van der Waals surface area (Å²) in [5.41, 5.74) is 0. The predicted octanol–water partition coefficient (Wildman–Crippen LogP) is 2.95. The first-order valence-electron chi connectivity index (χ1n) is 3.70. The maximum absolute atomic E-state index is 11.8. The van der Waals surface area contributed by atoms with Gasteiger partial charge in [-0.3, -0.25) is 4.57 Å². The lowest BCUT2D eigenvalue weighted by atomic mass is 10.3. The van der Waals surface area contributed by atoms with Crippen molar-refractivity contribution in [2.24, 2.45) is 0 Å². The second-order valence-corrected chi connectivity index (χ2v) is 4.51. The Bertz CT molecular complexity index is 311. The zero-order valence-corrected chi connectivity index (χ0v) is 8.40. The number of halogens is 6. The van der Waals surface area contributed by atoms with Gasteiger partial charge in [0.15, 0.2) is 0 Å². The van der Waals surface area contributed by atoms with Crippen LogP contribution in [-0.4, -0.2) is 22.1 Å². The van der Waals surface area contributed by atoms with Gasteiger partial charge in [0.2, 0.25) is 0 Å². The first-order chi connectivity index (χ1) is 6.81. The van der Waals surface area contributed by atoms with E-state index in [-0.39, 0.29) is 6.08 Å². The monoisotopic (exact) mass is 272 g/mol. The molecule has 0 heterocycles. The van der Waals surface area contributed by atoms with Crippen LogP contribution >= 0.6 is 7.60 Å². The van der Waals surface area contributed by atoms with Gasteiger partial charge >= 0.3 is 19.9 Å². The fraction of sp³-hybridized carbons (Fsp3) is 0.667. The Hall–Kier alpha value is -0.530. The zero-order valence-electron chi connectivity index (χ0n) is 7.51. The first-order valence-corrected chi connectivity index (χ1v) is 5.31. The van der Waals surface area contributed by atoms with E-state index in [2.05, 4.69) is 0 Å². The number of allylic oxidation sites excluding steroid dienone is 2. The van der Waals surface area contributed by atoms with Crippen LogP contribution in [0.4, 0.5) is 26.3 Å². The Morgan fingerprint density at radius 2 is 1.50 bits per heavy atom. The molecule has 16 heavy (non-hydrogen) atoms. The van der Waals surface area contributed by atoms with E-state index in [1.165, 1.54) is 0 Å². The van der Waals surface area contributed by atoms with E-state index in [1.54, 1.807) is 0 Å². The number of alkyl halides is 6. The second-order valence-electron chi connectivity index (χ2n) is 2.85. The Morgan fingerprint density at radius 3 is 1.75 bits per heavy atom. The molecule has 0 fully saturated rings. The highest BCUT2D eigenvalue weighted by Crippen LogP contribution is 2.50. The van der Waals surface area contributed by atoms with Crippen LogP contribution in [0.25, 0.3) is 0 Å². The van der Waals surface area contributed by atoms with Crippen LogP contribution < -0.4 is 0 Å². The molecule has 0 aromatic carbocycles. The Morgan fingerprint density at radius 1 is 1.06 bits per heavy atom. The average molecular weight is 272 g/mol. The van der Waals surface area contributed by atoms with Crippen molar-refractivity contribution in [1.29, 1.82) is 0 Å². The largest absolute Gasteiger partial charge is 0.393 e. The van der Waals surface area contributed by atoms with Crippen LogP contribution in [0.15, 0.2) is 11.4 Å². The average Bonchev–Trinajstić information content (AvgIpc) is 1.91. The summed E-state index contributed by atoms with van der Waals surface area (Å²) in [6.07, 6.45) is -13.8. The van der Waals surface area contributed by atoms with Crippen molar-refractivity contribution in [3.05, 3.63) is 11.4 Å².